The first-order valence-electron chi connectivity index (χ1n) is 5.66. The molecule has 1 atom stereocenters. The minimum absolute atomic E-state index is 0.0729. The number of terminal acetylenes is 1. The maximum absolute atomic E-state index is 5.71. The van der Waals surface area contributed by atoms with Crippen molar-refractivity contribution in [2.75, 3.05) is 6.61 Å². The molecule has 17 heavy (non-hydrogen) atoms. The topological polar surface area (TPSA) is 18.5 Å². The minimum atomic E-state index is -0.516. The molecule has 0 aliphatic carbocycles. The zero-order chi connectivity index (χ0) is 12.3. The van der Waals surface area contributed by atoms with E-state index >= 15 is 0 Å². The summed E-state index contributed by atoms with van der Waals surface area (Å²) in [4.78, 5) is 0. The van der Waals surface area contributed by atoms with Crippen LogP contribution in [-0.4, -0.2) is 18.5 Å². The first-order chi connectivity index (χ1) is 8.11. The molecule has 1 heterocycles. The molecule has 1 aromatic carbocycles. The fourth-order valence-corrected chi connectivity index (χ4v) is 1.83. The van der Waals surface area contributed by atoms with E-state index in [1.165, 1.54) is 0 Å². The molecule has 0 saturated carbocycles. The summed E-state index contributed by atoms with van der Waals surface area (Å²) in [6.07, 6.45) is 7.41. The Morgan fingerprint density at radius 1 is 1.41 bits per heavy atom. The van der Waals surface area contributed by atoms with Crippen molar-refractivity contribution in [3.63, 3.8) is 0 Å². The molecule has 0 radical (unpaired) electrons. The molecule has 1 fully saturated rings. The average molecular weight is 228 g/mol. The highest BCUT2D eigenvalue weighted by Gasteiger charge is 2.31. The Hall–Kier alpha value is -1.56. The Morgan fingerprint density at radius 3 is 2.65 bits per heavy atom. The van der Waals surface area contributed by atoms with Crippen molar-refractivity contribution in [3.05, 3.63) is 42.0 Å². The molecule has 88 valence electrons. The van der Waals surface area contributed by atoms with E-state index in [2.05, 4.69) is 5.92 Å². The maximum atomic E-state index is 5.71. The summed E-state index contributed by atoms with van der Waals surface area (Å²) in [5, 5.41) is 0. The normalized spacial score (nSPS) is 23.4. The van der Waals surface area contributed by atoms with Gasteiger partial charge in [-0.1, -0.05) is 36.3 Å². The van der Waals surface area contributed by atoms with Crippen molar-refractivity contribution >= 4 is 5.57 Å². The van der Waals surface area contributed by atoms with Crippen LogP contribution in [0.4, 0.5) is 0 Å². The lowest BCUT2D eigenvalue weighted by Crippen LogP contribution is -2.20. The van der Waals surface area contributed by atoms with Crippen LogP contribution in [0.5, 0.6) is 0 Å². The van der Waals surface area contributed by atoms with E-state index in [0.717, 1.165) is 11.1 Å². The van der Waals surface area contributed by atoms with Gasteiger partial charge in [-0.25, -0.2) is 0 Å². The van der Waals surface area contributed by atoms with Crippen molar-refractivity contribution in [1.82, 2.24) is 0 Å². The van der Waals surface area contributed by atoms with Crippen molar-refractivity contribution in [3.8, 4) is 12.3 Å². The summed E-state index contributed by atoms with van der Waals surface area (Å²) in [5.74, 6) is 2.18. The van der Waals surface area contributed by atoms with Crippen LogP contribution in [0, 0.1) is 12.3 Å². The van der Waals surface area contributed by atoms with Crippen LogP contribution in [0.1, 0.15) is 19.4 Å². The van der Waals surface area contributed by atoms with Gasteiger partial charge < -0.3 is 9.47 Å². The zero-order valence-corrected chi connectivity index (χ0v) is 10.1. The van der Waals surface area contributed by atoms with Gasteiger partial charge >= 0.3 is 0 Å². The van der Waals surface area contributed by atoms with Gasteiger partial charge in [0.05, 0.1) is 6.61 Å². The Kier molecular flexibility index (Phi) is 3.33. The molecule has 1 aliphatic rings. The number of hydrogen-bond donors (Lipinski definition) is 0. The summed E-state index contributed by atoms with van der Waals surface area (Å²) in [6, 6.07) is 9.89. The molecule has 2 rings (SSSR count). The van der Waals surface area contributed by atoms with Crippen LogP contribution < -0.4 is 0 Å². The van der Waals surface area contributed by atoms with Gasteiger partial charge in [0.2, 0.25) is 0 Å². The van der Waals surface area contributed by atoms with Crippen LogP contribution in [0.3, 0.4) is 0 Å². The van der Waals surface area contributed by atoms with Gasteiger partial charge in [0, 0.05) is 5.57 Å². The SMILES string of the molecule is C#C/C(=C\[C@H]1COC(C)(C)O1)c1ccccc1. The Balaban J connectivity index is 2.18. The maximum Gasteiger partial charge on any atom is 0.163 e. The highest BCUT2D eigenvalue weighted by atomic mass is 16.7. The predicted molar refractivity (Wildman–Crippen MR) is 68.2 cm³/mol. The van der Waals surface area contributed by atoms with Gasteiger partial charge in [-0.2, -0.15) is 0 Å². The third kappa shape index (κ3) is 2.97. The quantitative estimate of drug-likeness (QED) is 0.725. The van der Waals surface area contributed by atoms with Crippen LogP contribution >= 0.6 is 0 Å². The molecule has 0 aromatic heterocycles. The molecule has 2 nitrogen and oxygen atoms in total. The van der Waals surface area contributed by atoms with Crippen LogP contribution in [0.15, 0.2) is 36.4 Å². The van der Waals surface area contributed by atoms with Crippen molar-refractivity contribution < 1.29 is 9.47 Å². The molecule has 2 heteroatoms. The average Bonchev–Trinajstić information content (AvgIpc) is 2.67. The lowest BCUT2D eigenvalue weighted by atomic mass is 10.1. The highest BCUT2D eigenvalue weighted by Crippen LogP contribution is 2.25. The van der Waals surface area contributed by atoms with E-state index in [9.17, 15) is 0 Å². The molecule has 0 N–H and O–H groups in total. The first kappa shape index (κ1) is 11.9. The second-order valence-electron chi connectivity index (χ2n) is 4.46. The molecule has 0 amide bonds. The molecule has 0 unspecified atom stereocenters. The van der Waals surface area contributed by atoms with Crippen molar-refractivity contribution in [1.29, 1.82) is 0 Å². The Bertz CT molecular complexity index is 452. The predicted octanol–water partition coefficient (Wildman–Crippen LogP) is 2.85. The number of ether oxygens (including phenoxy) is 2. The highest BCUT2D eigenvalue weighted by molar-refractivity contribution is 5.78. The van der Waals surface area contributed by atoms with E-state index in [-0.39, 0.29) is 6.10 Å². The van der Waals surface area contributed by atoms with Gasteiger partial charge in [0.15, 0.2) is 5.79 Å². The van der Waals surface area contributed by atoms with E-state index in [0.29, 0.717) is 6.61 Å². The van der Waals surface area contributed by atoms with Gasteiger partial charge in [-0.3, -0.25) is 0 Å². The monoisotopic (exact) mass is 228 g/mol. The molecule has 1 saturated heterocycles. The molecular formula is C15H16O2. The summed E-state index contributed by atoms with van der Waals surface area (Å²) in [5.41, 5.74) is 1.88. The fourth-order valence-electron chi connectivity index (χ4n) is 1.83. The lowest BCUT2D eigenvalue weighted by Gasteiger charge is -2.16. The first-order valence-corrected chi connectivity index (χ1v) is 5.66. The molecule has 1 aromatic rings. The summed E-state index contributed by atoms with van der Waals surface area (Å²) >= 11 is 0. The second-order valence-corrected chi connectivity index (χ2v) is 4.46. The van der Waals surface area contributed by atoms with Crippen molar-refractivity contribution in [2.45, 2.75) is 25.7 Å². The molecule has 1 aliphatic heterocycles. The van der Waals surface area contributed by atoms with Gasteiger partial charge in [0.1, 0.15) is 6.10 Å². The zero-order valence-electron chi connectivity index (χ0n) is 10.1. The van der Waals surface area contributed by atoms with Crippen LogP contribution in [-0.2, 0) is 9.47 Å². The molecule has 0 bridgehead atoms. The number of rotatable bonds is 2. The van der Waals surface area contributed by atoms with E-state index in [1.54, 1.807) is 0 Å². The molecule has 0 spiro atoms. The van der Waals surface area contributed by atoms with E-state index in [1.807, 2.05) is 50.3 Å². The molecular weight excluding hydrogens is 212 g/mol. The second kappa shape index (κ2) is 4.75. The van der Waals surface area contributed by atoms with Gasteiger partial charge in [-0.05, 0) is 25.5 Å². The largest absolute Gasteiger partial charge is 0.347 e. The number of hydrogen-bond acceptors (Lipinski definition) is 2. The summed E-state index contributed by atoms with van der Waals surface area (Å²) in [6.45, 7) is 4.35. The smallest absolute Gasteiger partial charge is 0.163 e. The third-order valence-electron chi connectivity index (χ3n) is 2.62. The fraction of sp³-hybridized carbons (Fsp3) is 0.333. The number of benzene rings is 1. The minimum Gasteiger partial charge on any atom is -0.347 e. The third-order valence-corrected chi connectivity index (χ3v) is 2.62. The summed E-state index contributed by atoms with van der Waals surface area (Å²) in [7, 11) is 0. The lowest BCUT2D eigenvalue weighted by molar-refractivity contribution is -0.133. The van der Waals surface area contributed by atoms with Crippen LogP contribution in [0.2, 0.25) is 0 Å². The van der Waals surface area contributed by atoms with Gasteiger partial charge in [0.25, 0.3) is 0 Å². The standard InChI is InChI=1S/C15H16O2/c1-4-12(13-8-6-5-7-9-13)10-14-11-16-15(2,3)17-14/h1,5-10,14H,11H2,2-3H3/b12-10+/t14-/m0/s1. The van der Waals surface area contributed by atoms with E-state index < -0.39 is 5.79 Å². The van der Waals surface area contributed by atoms with Crippen molar-refractivity contribution in [2.24, 2.45) is 0 Å². The number of allylic oxidation sites excluding steroid dienone is 1. The Morgan fingerprint density at radius 2 is 2.12 bits per heavy atom. The summed E-state index contributed by atoms with van der Waals surface area (Å²) < 4.78 is 11.2. The van der Waals surface area contributed by atoms with Crippen LogP contribution in [0.25, 0.3) is 5.57 Å². The van der Waals surface area contributed by atoms with E-state index in [4.69, 9.17) is 15.9 Å². The van der Waals surface area contributed by atoms with Gasteiger partial charge in [-0.15, -0.1) is 6.42 Å². The Labute approximate surface area is 102 Å².